The van der Waals surface area contributed by atoms with Crippen molar-refractivity contribution in [2.45, 2.75) is 38.1 Å². The molecule has 0 atom stereocenters. The number of nitrogens with zero attached hydrogens (tertiary/aromatic N) is 2. The average molecular weight is 275 g/mol. The van der Waals surface area contributed by atoms with Gasteiger partial charge in [-0.2, -0.15) is 0 Å². The third-order valence-corrected chi connectivity index (χ3v) is 4.25. The Morgan fingerprint density at radius 2 is 1.60 bits per heavy atom. The lowest BCUT2D eigenvalue weighted by molar-refractivity contribution is 0.0824. The van der Waals surface area contributed by atoms with Crippen LogP contribution in [0.15, 0.2) is 0 Å². The molecule has 15 heavy (non-hydrogen) atoms. The Labute approximate surface area is 102 Å². The Bertz CT molecular complexity index is 172. The molecule has 0 bridgehead atoms. The summed E-state index contributed by atoms with van der Waals surface area (Å²) in [6.07, 6.45) is 7.31. The Morgan fingerprint density at radius 3 is 2.20 bits per heavy atom. The second-order valence-electron chi connectivity index (χ2n) is 4.86. The lowest BCUT2D eigenvalue weighted by atomic mass is 9.94. The quantitative estimate of drug-likeness (QED) is 0.729. The normalized spacial score (nSPS) is 27.0. The summed E-state index contributed by atoms with van der Waals surface area (Å²) in [5.74, 6) is 0. The van der Waals surface area contributed by atoms with Gasteiger partial charge < -0.3 is 0 Å². The van der Waals surface area contributed by atoms with Crippen molar-refractivity contribution < 1.29 is 0 Å². The van der Waals surface area contributed by atoms with Crippen LogP contribution in [0.5, 0.6) is 0 Å². The number of halogens is 1. The van der Waals surface area contributed by atoms with Crippen LogP contribution in [0.2, 0.25) is 0 Å². The zero-order valence-corrected chi connectivity index (χ0v) is 11.2. The molecule has 0 aromatic heterocycles. The van der Waals surface area contributed by atoms with Crippen molar-refractivity contribution in [1.82, 2.24) is 9.80 Å². The van der Waals surface area contributed by atoms with E-state index in [4.69, 9.17) is 0 Å². The number of hydrogen-bond donors (Lipinski definition) is 0. The van der Waals surface area contributed by atoms with Crippen LogP contribution in [-0.2, 0) is 0 Å². The molecule has 1 aliphatic carbocycles. The summed E-state index contributed by atoms with van der Waals surface area (Å²) < 4.78 is 0. The lowest BCUT2D eigenvalue weighted by Gasteiger charge is -2.40. The van der Waals surface area contributed by atoms with E-state index in [-0.39, 0.29) is 0 Å². The van der Waals surface area contributed by atoms with Gasteiger partial charge in [-0.05, 0) is 12.8 Å². The minimum atomic E-state index is 0.921. The molecule has 0 N–H and O–H groups in total. The van der Waals surface area contributed by atoms with E-state index in [0.29, 0.717) is 0 Å². The molecular formula is C12H23BrN2. The molecule has 1 saturated heterocycles. The SMILES string of the molecule is BrCCN1CCN(C2CCCCC2)CC1. The second kappa shape index (κ2) is 6.21. The second-order valence-corrected chi connectivity index (χ2v) is 5.65. The van der Waals surface area contributed by atoms with E-state index >= 15 is 0 Å². The Balaban J connectivity index is 1.72. The smallest absolute Gasteiger partial charge is 0.0159 e. The van der Waals surface area contributed by atoms with E-state index in [1.54, 1.807) is 0 Å². The van der Waals surface area contributed by atoms with Crippen LogP contribution in [0.1, 0.15) is 32.1 Å². The first-order chi connectivity index (χ1) is 7.40. The Kier molecular flexibility index (Phi) is 4.92. The molecule has 0 unspecified atom stereocenters. The third-order valence-electron chi connectivity index (χ3n) is 3.90. The van der Waals surface area contributed by atoms with Crippen molar-refractivity contribution in [3.8, 4) is 0 Å². The van der Waals surface area contributed by atoms with Gasteiger partial charge in [-0.15, -0.1) is 0 Å². The fourth-order valence-electron chi connectivity index (χ4n) is 2.92. The van der Waals surface area contributed by atoms with Crippen molar-refractivity contribution >= 4 is 15.9 Å². The molecule has 2 nitrogen and oxygen atoms in total. The third kappa shape index (κ3) is 3.43. The maximum atomic E-state index is 3.52. The fraction of sp³-hybridized carbons (Fsp3) is 1.00. The summed E-state index contributed by atoms with van der Waals surface area (Å²) in [5, 5.41) is 1.12. The van der Waals surface area contributed by atoms with Crippen molar-refractivity contribution in [2.24, 2.45) is 0 Å². The fourth-order valence-corrected chi connectivity index (χ4v) is 3.42. The molecule has 1 saturated carbocycles. The maximum absolute atomic E-state index is 3.52. The maximum Gasteiger partial charge on any atom is 0.0159 e. The topological polar surface area (TPSA) is 6.48 Å². The van der Waals surface area contributed by atoms with Crippen LogP contribution in [0.25, 0.3) is 0 Å². The van der Waals surface area contributed by atoms with E-state index in [0.717, 1.165) is 11.4 Å². The minimum Gasteiger partial charge on any atom is -0.300 e. The first-order valence-corrected chi connectivity index (χ1v) is 7.54. The molecule has 0 amide bonds. The van der Waals surface area contributed by atoms with E-state index in [1.807, 2.05) is 0 Å². The first kappa shape index (κ1) is 11.9. The highest BCUT2D eigenvalue weighted by molar-refractivity contribution is 9.09. The van der Waals surface area contributed by atoms with Crippen LogP contribution in [-0.4, -0.2) is 53.9 Å². The Hall–Kier alpha value is 0.400. The average Bonchev–Trinajstić information content (AvgIpc) is 2.32. The molecule has 0 radical (unpaired) electrons. The van der Waals surface area contributed by atoms with E-state index in [2.05, 4.69) is 25.7 Å². The Morgan fingerprint density at radius 1 is 0.933 bits per heavy atom. The van der Waals surface area contributed by atoms with E-state index < -0.39 is 0 Å². The summed E-state index contributed by atoms with van der Waals surface area (Å²) in [6, 6.07) is 0.921. The molecular weight excluding hydrogens is 252 g/mol. The highest BCUT2D eigenvalue weighted by Crippen LogP contribution is 2.23. The largest absolute Gasteiger partial charge is 0.300 e. The summed E-state index contributed by atoms with van der Waals surface area (Å²) in [7, 11) is 0. The standard InChI is InChI=1S/C12H23BrN2/c13-6-7-14-8-10-15(11-9-14)12-4-2-1-3-5-12/h12H,1-11H2. The highest BCUT2D eigenvalue weighted by atomic mass is 79.9. The number of rotatable bonds is 3. The van der Waals surface area contributed by atoms with Crippen LogP contribution >= 0.6 is 15.9 Å². The van der Waals surface area contributed by atoms with Gasteiger partial charge in [0.25, 0.3) is 0 Å². The van der Waals surface area contributed by atoms with E-state index in [9.17, 15) is 0 Å². The summed E-state index contributed by atoms with van der Waals surface area (Å²) in [5.41, 5.74) is 0. The molecule has 2 aliphatic rings. The summed E-state index contributed by atoms with van der Waals surface area (Å²) in [4.78, 5) is 5.32. The van der Waals surface area contributed by atoms with Gasteiger partial charge >= 0.3 is 0 Å². The van der Waals surface area contributed by atoms with E-state index in [1.165, 1.54) is 64.8 Å². The van der Waals surface area contributed by atoms with Gasteiger partial charge in [-0.25, -0.2) is 0 Å². The zero-order chi connectivity index (χ0) is 10.5. The first-order valence-electron chi connectivity index (χ1n) is 6.42. The van der Waals surface area contributed by atoms with Crippen LogP contribution < -0.4 is 0 Å². The highest BCUT2D eigenvalue weighted by Gasteiger charge is 2.24. The van der Waals surface area contributed by atoms with Crippen molar-refractivity contribution in [1.29, 1.82) is 0 Å². The molecule has 3 heteroatoms. The van der Waals surface area contributed by atoms with Gasteiger partial charge in [0.05, 0.1) is 0 Å². The van der Waals surface area contributed by atoms with Crippen molar-refractivity contribution in [2.75, 3.05) is 38.1 Å². The molecule has 88 valence electrons. The number of alkyl halides is 1. The van der Waals surface area contributed by atoms with Gasteiger partial charge in [-0.3, -0.25) is 9.80 Å². The number of piperazine rings is 1. The molecule has 2 rings (SSSR count). The predicted octanol–water partition coefficient (Wildman–Crippen LogP) is 2.33. The lowest BCUT2D eigenvalue weighted by Crippen LogP contribution is -2.51. The van der Waals surface area contributed by atoms with Crippen LogP contribution in [0, 0.1) is 0 Å². The summed E-state index contributed by atoms with van der Waals surface area (Å²) in [6.45, 7) is 6.39. The minimum absolute atomic E-state index is 0.921. The van der Waals surface area contributed by atoms with Gasteiger partial charge in [0.15, 0.2) is 0 Å². The number of hydrogen-bond acceptors (Lipinski definition) is 2. The molecule has 2 fully saturated rings. The summed E-state index contributed by atoms with van der Waals surface area (Å²) >= 11 is 3.52. The molecule has 0 aromatic rings. The van der Waals surface area contributed by atoms with Crippen LogP contribution in [0.3, 0.4) is 0 Å². The molecule has 0 spiro atoms. The molecule has 1 aliphatic heterocycles. The van der Waals surface area contributed by atoms with Gasteiger partial charge in [0.2, 0.25) is 0 Å². The zero-order valence-electron chi connectivity index (χ0n) is 9.63. The molecule has 0 aromatic carbocycles. The van der Waals surface area contributed by atoms with Crippen LogP contribution in [0.4, 0.5) is 0 Å². The van der Waals surface area contributed by atoms with Crippen molar-refractivity contribution in [3.05, 3.63) is 0 Å². The van der Waals surface area contributed by atoms with Gasteiger partial charge in [-0.1, -0.05) is 35.2 Å². The van der Waals surface area contributed by atoms with Gasteiger partial charge in [0.1, 0.15) is 0 Å². The molecule has 1 heterocycles. The van der Waals surface area contributed by atoms with Crippen molar-refractivity contribution in [3.63, 3.8) is 0 Å². The monoisotopic (exact) mass is 274 g/mol. The van der Waals surface area contributed by atoms with Gasteiger partial charge in [0, 0.05) is 44.1 Å². The predicted molar refractivity (Wildman–Crippen MR) is 68.7 cm³/mol.